The maximum absolute atomic E-state index is 2.53. The molecule has 11 rings (SSSR count). The van der Waals surface area contributed by atoms with Crippen LogP contribution in [0.5, 0.6) is 0 Å². The van der Waals surface area contributed by atoms with Gasteiger partial charge in [0.15, 0.2) is 0 Å². The van der Waals surface area contributed by atoms with Crippen molar-refractivity contribution in [3.8, 4) is 39.1 Å². The van der Waals surface area contributed by atoms with Gasteiger partial charge < -0.3 is 4.57 Å². The quantitative estimate of drug-likeness (QED) is 0.174. The van der Waals surface area contributed by atoms with Crippen molar-refractivity contribution < 1.29 is 0 Å². The van der Waals surface area contributed by atoms with Crippen LogP contribution in [-0.4, -0.2) is 4.57 Å². The number of hydrogen-bond acceptors (Lipinski definition) is 1. The number of thiophene rings is 1. The summed E-state index contributed by atoms with van der Waals surface area (Å²) in [7, 11) is 0. The van der Waals surface area contributed by atoms with Crippen molar-refractivity contribution in [3.63, 3.8) is 0 Å². The second kappa shape index (κ2) is 9.62. The standard InChI is InChI=1S/C48H35NS/c1-47(2)39-14-8-5-11-31(39)35-24-37-38-25-36-32-12-6-9-15-40(32)48(3,4)42(36)27-44(38)49(43(37)26-41(35)47)30-20-17-28(18-21-30)29-19-22-34-33-13-7-10-16-45(33)50-46(34)23-29/h5-27H,1-4H3. The highest BCUT2D eigenvalue weighted by Gasteiger charge is 2.38. The molecule has 2 heteroatoms. The third-order valence-corrected chi connectivity index (χ3v) is 13.1. The fourth-order valence-electron chi connectivity index (χ4n) is 9.39. The van der Waals surface area contributed by atoms with Gasteiger partial charge in [-0.1, -0.05) is 119 Å². The van der Waals surface area contributed by atoms with E-state index in [1.54, 1.807) is 0 Å². The van der Waals surface area contributed by atoms with Crippen LogP contribution in [0.1, 0.15) is 49.9 Å². The van der Waals surface area contributed by atoms with Crippen LogP contribution in [0.25, 0.3) is 81.0 Å². The summed E-state index contributed by atoms with van der Waals surface area (Å²) >= 11 is 1.88. The SMILES string of the molecule is CC1(C)c2ccccc2-c2cc3c4cc5c(cc4n(-c4ccc(-c6ccc7c(c6)sc6ccccc67)cc4)c3cc21)C(C)(C)c1ccccc1-5. The molecular formula is C48H35NS. The fourth-order valence-corrected chi connectivity index (χ4v) is 10.5. The molecule has 0 aliphatic heterocycles. The molecule has 0 bridgehead atoms. The van der Waals surface area contributed by atoms with E-state index in [0.29, 0.717) is 0 Å². The molecule has 0 N–H and O–H groups in total. The molecule has 9 aromatic rings. The minimum Gasteiger partial charge on any atom is -0.309 e. The van der Waals surface area contributed by atoms with Crippen molar-refractivity contribution in [3.05, 3.63) is 162 Å². The average Bonchev–Trinajstić information content (AvgIpc) is 3.81. The molecular weight excluding hydrogens is 623 g/mol. The zero-order chi connectivity index (χ0) is 33.5. The molecule has 2 aliphatic carbocycles. The van der Waals surface area contributed by atoms with Gasteiger partial charge in [-0.2, -0.15) is 0 Å². The van der Waals surface area contributed by atoms with Crippen LogP contribution in [0.3, 0.4) is 0 Å². The van der Waals surface area contributed by atoms with Gasteiger partial charge in [0.25, 0.3) is 0 Å². The van der Waals surface area contributed by atoms with Crippen LogP contribution in [0, 0.1) is 0 Å². The Morgan fingerprint density at radius 3 is 1.54 bits per heavy atom. The third kappa shape index (κ3) is 3.62. The summed E-state index contributed by atoms with van der Waals surface area (Å²) in [6.07, 6.45) is 0. The number of benzene rings is 7. The van der Waals surface area contributed by atoms with Gasteiger partial charge in [0, 0.05) is 47.5 Å². The number of fused-ring (bicyclic) bond motifs is 12. The van der Waals surface area contributed by atoms with Crippen LogP contribution in [0.15, 0.2) is 140 Å². The maximum atomic E-state index is 2.53. The highest BCUT2D eigenvalue weighted by atomic mass is 32.1. The van der Waals surface area contributed by atoms with Crippen molar-refractivity contribution in [2.24, 2.45) is 0 Å². The van der Waals surface area contributed by atoms with E-state index in [-0.39, 0.29) is 10.8 Å². The molecule has 0 saturated heterocycles. The molecule has 2 heterocycles. The summed E-state index contributed by atoms with van der Waals surface area (Å²) in [5.74, 6) is 0. The molecule has 0 spiro atoms. The van der Waals surface area contributed by atoms with Crippen molar-refractivity contribution in [1.29, 1.82) is 0 Å². The molecule has 0 saturated carbocycles. The second-order valence-corrected chi connectivity index (χ2v) is 16.4. The molecule has 0 fully saturated rings. The van der Waals surface area contributed by atoms with E-state index < -0.39 is 0 Å². The van der Waals surface area contributed by atoms with E-state index in [1.807, 2.05) is 11.3 Å². The zero-order valence-corrected chi connectivity index (χ0v) is 29.5. The van der Waals surface area contributed by atoms with Crippen LogP contribution >= 0.6 is 11.3 Å². The van der Waals surface area contributed by atoms with Crippen molar-refractivity contribution in [2.45, 2.75) is 38.5 Å². The third-order valence-electron chi connectivity index (χ3n) is 12.0. The molecule has 0 amide bonds. The summed E-state index contributed by atoms with van der Waals surface area (Å²) in [4.78, 5) is 0. The fraction of sp³-hybridized carbons (Fsp3) is 0.125. The lowest BCUT2D eigenvalue weighted by Crippen LogP contribution is -2.15. The second-order valence-electron chi connectivity index (χ2n) is 15.4. The normalized spacial score (nSPS) is 15.1. The lowest BCUT2D eigenvalue weighted by atomic mass is 9.82. The maximum Gasteiger partial charge on any atom is 0.0544 e. The van der Waals surface area contributed by atoms with E-state index >= 15 is 0 Å². The van der Waals surface area contributed by atoms with E-state index in [1.165, 1.54) is 103 Å². The van der Waals surface area contributed by atoms with Gasteiger partial charge in [-0.3, -0.25) is 0 Å². The first kappa shape index (κ1) is 28.4. The summed E-state index contributed by atoms with van der Waals surface area (Å²) in [5, 5.41) is 5.31. The first-order valence-electron chi connectivity index (χ1n) is 17.7. The smallest absolute Gasteiger partial charge is 0.0544 e. The van der Waals surface area contributed by atoms with E-state index in [2.05, 4.69) is 172 Å². The Hall–Kier alpha value is -5.44. The summed E-state index contributed by atoms with van der Waals surface area (Å²) in [6.45, 7) is 9.53. The minimum atomic E-state index is -0.0703. The highest BCUT2D eigenvalue weighted by Crippen LogP contribution is 2.54. The van der Waals surface area contributed by atoms with Crippen LogP contribution in [-0.2, 0) is 10.8 Å². The Morgan fingerprint density at radius 1 is 0.400 bits per heavy atom. The van der Waals surface area contributed by atoms with E-state index in [4.69, 9.17) is 0 Å². The summed E-state index contributed by atoms with van der Waals surface area (Å²) in [6, 6.07) is 52.9. The van der Waals surface area contributed by atoms with Gasteiger partial charge in [-0.25, -0.2) is 0 Å². The Balaban J connectivity index is 1.15. The Morgan fingerprint density at radius 2 is 0.920 bits per heavy atom. The predicted octanol–water partition coefficient (Wildman–Crippen LogP) is 13.4. The van der Waals surface area contributed by atoms with Gasteiger partial charge in [-0.15, -0.1) is 11.3 Å². The zero-order valence-electron chi connectivity index (χ0n) is 28.6. The Labute approximate surface area is 296 Å². The molecule has 0 atom stereocenters. The topological polar surface area (TPSA) is 4.93 Å². The van der Waals surface area contributed by atoms with Crippen LogP contribution < -0.4 is 0 Å². The number of nitrogens with zero attached hydrogens (tertiary/aromatic N) is 1. The molecule has 7 aromatic carbocycles. The first-order chi connectivity index (χ1) is 24.3. The van der Waals surface area contributed by atoms with Crippen molar-refractivity contribution >= 4 is 53.3 Å². The van der Waals surface area contributed by atoms with E-state index in [0.717, 1.165) is 0 Å². The van der Waals surface area contributed by atoms with Gasteiger partial charge in [0.1, 0.15) is 0 Å². The van der Waals surface area contributed by atoms with Crippen LogP contribution in [0.4, 0.5) is 0 Å². The largest absolute Gasteiger partial charge is 0.309 e. The predicted molar refractivity (Wildman–Crippen MR) is 214 cm³/mol. The number of rotatable bonds is 2. The molecule has 2 aromatic heterocycles. The Bertz CT molecular complexity index is 2790. The average molecular weight is 658 g/mol. The monoisotopic (exact) mass is 657 g/mol. The summed E-state index contributed by atoms with van der Waals surface area (Å²) in [5.41, 5.74) is 17.2. The first-order valence-corrected chi connectivity index (χ1v) is 18.5. The molecule has 0 unspecified atom stereocenters. The van der Waals surface area contributed by atoms with Crippen molar-refractivity contribution in [1.82, 2.24) is 4.57 Å². The molecule has 0 radical (unpaired) electrons. The van der Waals surface area contributed by atoms with Gasteiger partial charge in [-0.05, 0) is 104 Å². The lowest BCUT2D eigenvalue weighted by molar-refractivity contribution is 0.660. The number of hydrogen-bond donors (Lipinski definition) is 0. The molecule has 238 valence electrons. The van der Waals surface area contributed by atoms with Gasteiger partial charge in [0.2, 0.25) is 0 Å². The molecule has 50 heavy (non-hydrogen) atoms. The van der Waals surface area contributed by atoms with Crippen LogP contribution in [0.2, 0.25) is 0 Å². The van der Waals surface area contributed by atoms with Gasteiger partial charge in [0.05, 0.1) is 11.0 Å². The van der Waals surface area contributed by atoms with Crippen molar-refractivity contribution in [2.75, 3.05) is 0 Å². The van der Waals surface area contributed by atoms with Gasteiger partial charge >= 0.3 is 0 Å². The molecule has 2 aliphatic rings. The minimum absolute atomic E-state index is 0.0703. The molecule has 1 nitrogen and oxygen atoms in total. The lowest BCUT2D eigenvalue weighted by Gasteiger charge is -2.22. The summed E-state index contributed by atoms with van der Waals surface area (Å²) < 4.78 is 5.21. The number of aromatic nitrogens is 1. The highest BCUT2D eigenvalue weighted by molar-refractivity contribution is 7.25. The Kier molecular flexibility index (Phi) is 5.47. The van der Waals surface area contributed by atoms with E-state index in [9.17, 15) is 0 Å².